The van der Waals surface area contributed by atoms with Crippen LogP contribution in [0, 0.1) is 11.3 Å². The Kier molecular flexibility index (Phi) is 4.12. The number of alkyl halides is 1. The zero-order valence-electron chi connectivity index (χ0n) is 12.1. The van der Waals surface area contributed by atoms with Crippen LogP contribution in [-0.4, -0.2) is 53.5 Å². The summed E-state index contributed by atoms with van der Waals surface area (Å²) in [5, 5.41) is 26.9. The Morgan fingerprint density at radius 1 is 1.61 bits per heavy atom. The Bertz CT molecular complexity index is 688. The molecule has 2 aliphatic rings. The third-order valence-electron chi connectivity index (χ3n) is 3.88. The first-order valence-corrected chi connectivity index (χ1v) is 7.18. The van der Waals surface area contributed by atoms with Crippen molar-refractivity contribution >= 4 is 11.9 Å². The Hall–Kier alpha value is -2.66. The maximum Gasteiger partial charge on any atom is 0.368 e. The summed E-state index contributed by atoms with van der Waals surface area (Å²) in [6.07, 6.45) is -0.792. The van der Waals surface area contributed by atoms with Gasteiger partial charge in [0.2, 0.25) is 5.90 Å². The van der Waals surface area contributed by atoms with Crippen molar-refractivity contribution < 1.29 is 19.0 Å². The largest absolute Gasteiger partial charge is 0.477 e. The lowest BCUT2D eigenvalue weighted by atomic mass is 10.1. The number of benzene rings is 1. The van der Waals surface area contributed by atoms with E-state index in [0.29, 0.717) is 24.1 Å². The molecule has 2 heterocycles. The zero-order chi connectivity index (χ0) is 16.4. The SMILES string of the molecule is N#Cc1cccc(C2=NN([C@H]3CN[C@H](CF)C3)C(C(=O)O)O2)c1. The van der Waals surface area contributed by atoms with Crippen LogP contribution in [0.1, 0.15) is 17.5 Å². The zero-order valence-corrected chi connectivity index (χ0v) is 12.1. The molecule has 0 amide bonds. The monoisotopic (exact) mass is 318 g/mol. The molecule has 1 saturated heterocycles. The molecule has 8 heteroatoms. The van der Waals surface area contributed by atoms with Gasteiger partial charge < -0.3 is 15.2 Å². The Balaban J connectivity index is 1.86. The van der Waals surface area contributed by atoms with Crippen molar-refractivity contribution in [1.29, 1.82) is 5.26 Å². The lowest BCUT2D eigenvalue weighted by Crippen LogP contribution is -2.43. The standard InChI is InChI=1S/C15H15FN4O3/c16-6-11-5-12(8-18-11)20-14(15(21)22)23-13(19-20)10-3-1-2-9(4-10)7-17/h1-4,11-12,14,18H,5-6,8H2,(H,21,22)/t11-,12+,14?/m0/s1. The summed E-state index contributed by atoms with van der Waals surface area (Å²) in [5.41, 5.74) is 0.963. The highest BCUT2D eigenvalue weighted by Gasteiger charge is 2.41. The van der Waals surface area contributed by atoms with Gasteiger partial charge in [0.05, 0.1) is 17.7 Å². The molecule has 0 aliphatic carbocycles. The molecule has 0 bridgehead atoms. The van der Waals surface area contributed by atoms with Gasteiger partial charge in [0.25, 0.3) is 6.23 Å². The van der Waals surface area contributed by atoms with Crippen molar-refractivity contribution in [3.05, 3.63) is 35.4 Å². The fraction of sp³-hybridized carbons (Fsp3) is 0.400. The highest BCUT2D eigenvalue weighted by Crippen LogP contribution is 2.25. The van der Waals surface area contributed by atoms with E-state index in [1.807, 2.05) is 6.07 Å². The van der Waals surface area contributed by atoms with E-state index in [4.69, 9.17) is 10.00 Å². The van der Waals surface area contributed by atoms with Crippen LogP contribution in [-0.2, 0) is 9.53 Å². The molecule has 23 heavy (non-hydrogen) atoms. The fourth-order valence-electron chi connectivity index (χ4n) is 2.74. The van der Waals surface area contributed by atoms with Crippen molar-refractivity contribution in [3.8, 4) is 6.07 Å². The highest BCUT2D eigenvalue weighted by molar-refractivity contribution is 5.97. The number of hydrogen-bond acceptors (Lipinski definition) is 6. The highest BCUT2D eigenvalue weighted by atomic mass is 19.1. The number of nitriles is 1. The molecule has 1 aromatic carbocycles. The number of carboxylic acids is 1. The normalized spacial score (nSPS) is 26.5. The second kappa shape index (κ2) is 6.22. The number of carbonyl (C=O) groups is 1. The smallest absolute Gasteiger partial charge is 0.368 e. The van der Waals surface area contributed by atoms with E-state index in [1.54, 1.807) is 24.3 Å². The van der Waals surface area contributed by atoms with Gasteiger partial charge in [-0.15, -0.1) is 5.10 Å². The van der Waals surface area contributed by atoms with Gasteiger partial charge in [-0.2, -0.15) is 5.26 Å². The Morgan fingerprint density at radius 2 is 2.43 bits per heavy atom. The molecule has 0 saturated carbocycles. The van der Waals surface area contributed by atoms with Crippen LogP contribution in [0.5, 0.6) is 0 Å². The van der Waals surface area contributed by atoms with Crippen LogP contribution < -0.4 is 5.32 Å². The minimum absolute atomic E-state index is 0.151. The molecule has 7 nitrogen and oxygen atoms in total. The first-order valence-electron chi connectivity index (χ1n) is 7.18. The molecule has 1 aromatic rings. The van der Waals surface area contributed by atoms with Crippen molar-refractivity contribution in [2.45, 2.75) is 24.7 Å². The average molecular weight is 318 g/mol. The summed E-state index contributed by atoms with van der Waals surface area (Å²) < 4.78 is 18.2. The molecular weight excluding hydrogens is 303 g/mol. The summed E-state index contributed by atoms with van der Waals surface area (Å²) in [7, 11) is 0. The maximum atomic E-state index is 12.7. The number of rotatable bonds is 4. The van der Waals surface area contributed by atoms with E-state index in [2.05, 4.69) is 10.4 Å². The van der Waals surface area contributed by atoms with Crippen molar-refractivity contribution in [2.24, 2.45) is 5.10 Å². The molecule has 3 rings (SSSR count). The predicted octanol–water partition coefficient (Wildman–Crippen LogP) is 0.663. The van der Waals surface area contributed by atoms with E-state index in [-0.39, 0.29) is 18.0 Å². The number of carboxylic acid groups (broad SMARTS) is 1. The Morgan fingerprint density at radius 3 is 3.09 bits per heavy atom. The van der Waals surface area contributed by atoms with Crippen molar-refractivity contribution in [1.82, 2.24) is 10.3 Å². The number of nitrogens with zero attached hydrogens (tertiary/aromatic N) is 3. The van der Waals surface area contributed by atoms with Gasteiger partial charge >= 0.3 is 5.97 Å². The molecule has 1 fully saturated rings. The molecule has 2 aliphatic heterocycles. The lowest BCUT2D eigenvalue weighted by molar-refractivity contribution is -0.154. The molecule has 120 valence electrons. The topological polar surface area (TPSA) is 98.0 Å². The molecular formula is C15H15FN4O3. The first-order chi connectivity index (χ1) is 11.1. The van der Waals surface area contributed by atoms with Crippen molar-refractivity contribution in [2.75, 3.05) is 13.2 Å². The second-order valence-electron chi connectivity index (χ2n) is 5.44. The third-order valence-corrected chi connectivity index (χ3v) is 3.88. The fourth-order valence-corrected chi connectivity index (χ4v) is 2.74. The summed E-state index contributed by atoms with van der Waals surface area (Å²) in [6, 6.07) is 8.05. The van der Waals surface area contributed by atoms with Gasteiger partial charge in [-0.05, 0) is 24.6 Å². The van der Waals surface area contributed by atoms with Crippen molar-refractivity contribution in [3.63, 3.8) is 0 Å². The number of hydrazone groups is 1. The van der Waals surface area contributed by atoms with Gasteiger partial charge in [0.15, 0.2) is 0 Å². The van der Waals surface area contributed by atoms with Crippen LogP contribution in [0.4, 0.5) is 4.39 Å². The molecule has 0 aromatic heterocycles. The van der Waals surface area contributed by atoms with E-state index in [0.717, 1.165) is 0 Å². The van der Waals surface area contributed by atoms with Crippen LogP contribution in [0.25, 0.3) is 0 Å². The van der Waals surface area contributed by atoms with Gasteiger partial charge in [0, 0.05) is 18.2 Å². The molecule has 0 spiro atoms. The predicted molar refractivity (Wildman–Crippen MR) is 78.2 cm³/mol. The summed E-state index contributed by atoms with van der Waals surface area (Å²) >= 11 is 0. The van der Waals surface area contributed by atoms with Gasteiger partial charge in [-0.1, -0.05) is 6.07 Å². The van der Waals surface area contributed by atoms with E-state index >= 15 is 0 Å². The van der Waals surface area contributed by atoms with Gasteiger partial charge in [-0.25, -0.2) is 14.2 Å². The third kappa shape index (κ3) is 2.96. The Labute approximate surface area is 132 Å². The maximum absolute atomic E-state index is 12.7. The minimum Gasteiger partial charge on any atom is -0.477 e. The summed E-state index contributed by atoms with van der Waals surface area (Å²) in [6.45, 7) is -0.0690. The van der Waals surface area contributed by atoms with Gasteiger partial charge in [0.1, 0.15) is 6.67 Å². The summed E-state index contributed by atoms with van der Waals surface area (Å²) in [5.74, 6) is -1.01. The number of nitrogens with one attached hydrogen (secondary N) is 1. The van der Waals surface area contributed by atoms with Crippen LogP contribution in [0.2, 0.25) is 0 Å². The average Bonchev–Trinajstić information content (AvgIpc) is 3.21. The quantitative estimate of drug-likeness (QED) is 0.846. The van der Waals surface area contributed by atoms with E-state index in [1.165, 1.54) is 5.01 Å². The van der Waals surface area contributed by atoms with Crippen LogP contribution in [0.15, 0.2) is 29.4 Å². The van der Waals surface area contributed by atoms with E-state index in [9.17, 15) is 14.3 Å². The number of ether oxygens (including phenoxy) is 1. The molecule has 1 unspecified atom stereocenters. The number of hydrogen-bond donors (Lipinski definition) is 2. The second-order valence-corrected chi connectivity index (χ2v) is 5.44. The van der Waals surface area contributed by atoms with Gasteiger partial charge in [-0.3, -0.25) is 0 Å². The molecule has 0 radical (unpaired) electrons. The summed E-state index contributed by atoms with van der Waals surface area (Å²) in [4.78, 5) is 11.4. The lowest BCUT2D eigenvalue weighted by Gasteiger charge is -2.24. The van der Waals surface area contributed by atoms with E-state index < -0.39 is 18.9 Å². The van der Waals surface area contributed by atoms with Crippen LogP contribution >= 0.6 is 0 Å². The minimum atomic E-state index is -1.25. The molecule has 3 atom stereocenters. The molecule has 2 N–H and O–H groups in total. The van der Waals surface area contributed by atoms with Crippen LogP contribution in [0.3, 0.4) is 0 Å². The number of aliphatic carboxylic acids is 1. The first kappa shape index (κ1) is 15.2. The number of halogens is 1.